The molecular weight excluding hydrogens is 449 g/mol. The molecule has 0 spiro atoms. The molecule has 2 aromatic carbocycles. The van der Waals surface area contributed by atoms with Crippen LogP contribution in [0.25, 0.3) is 0 Å². The summed E-state index contributed by atoms with van der Waals surface area (Å²) in [6.45, 7) is 0.681. The van der Waals surface area contributed by atoms with Gasteiger partial charge in [-0.3, -0.25) is 4.79 Å². The Morgan fingerprint density at radius 2 is 1.66 bits per heavy atom. The molecule has 1 aromatic heterocycles. The van der Waals surface area contributed by atoms with Gasteiger partial charge in [-0.25, -0.2) is 4.79 Å². The minimum absolute atomic E-state index is 0.0161. The first-order valence-corrected chi connectivity index (χ1v) is 11.1. The van der Waals surface area contributed by atoms with Crippen LogP contribution in [0.3, 0.4) is 0 Å². The first-order valence-electron chi connectivity index (χ1n) is 10.4. The third-order valence-electron chi connectivity index (χ3n) is 5.24. The van der Waals surface area contributed by atoms with E-state index in [0.29, 0.717) is 34.6 Å². The number of carbonyl (C=O) groups is 2. The van der Waals surface area contributed by atoms with Crippen LogP contribution in [0.2, 0.25) is 10.0 Å². The molecule has 0 bridgehead atoms. The zero-order valence-corrected chi connectivity index (χ0v) is 18.9. The maximum Gasteiger partial charge on any atom is 0.322 e. The number of carbonyl (C=O) groups excluding carboxylic acids is 2. The number of urea groups is 1. The Morgan fingerprint density at radius 1 is 0.938 bits per heavy atom. The fraction of sp³-hybridized carbons (Fsp3) is 0.250. The molecule has 6 nitrogen and oxygen atoms in total. The number of anilines is 1. The maximum atomic E-state index is 13.3. The van der Waals surface area contributed by atoms with Gasteiger partial charge in [0.05, 0.1) is 28.5 Å². The standard InChI is InChI=1S/C24H23Cl2N3O3/c25-20-9-4-10-21(26)23(20)27-24(31)29(18-11-12-18)16-22(30)28(15-19-8-5-13-32-19)14-17-6-2-1-3-7-17/h1-10,13,18H,11-12,14-16H2,(H,27,31). The Hall–Kier alpha value is -2.96. The van der Waals surface area contributed by atoms with Crippen molar-refractivity contribution in [1.82, 2.24) is 9.80 Å². The van der Waals surface area contributed by atoms with Crippen molar-refractivity contribution >= 4 is 40.8 Å². The average Bonchev–Trinajstić information content (AvgIpc) is 3.50. The number of para-hydroxylation sites is 1. The quantitative estimate of drug-likeness (QED) is 0.450. The lowest BCUT2D eigenvalue weighted by atomic mass is 10.2. The fourth-order valence-electron chi connectivity index (χ4n) is 3.42. The van der Waals surface area contributed by atoms with Gasteiger partial charge in [0.25, 0.3) is 0 Å². The van der Waals surface area contributed by atoms with Crippen molar-refractivity contribution < 1.29 is 14.0 Å². The van der Waals surface area contributed by atoms with Gasteiger partial charge in [0.1, 0.15) is 12.3 Å². The molecule has 1 aliphatic carbocycles. The number of nitrogens with zero attached hydrogens (tertiary/aromatic N) is 2. The molecule has 1 fully saturated rings. The van der Waals surface area contributed by atoms with Crippen molar-refractivity contribution in [3.8, 4) is 0 Å². The lowest BCUT2D eigenvalue weighted by Crippen LogP contribution is -2.45. The van der Waals surface area contributed by atoms with Gasteiger partial charge < -0.3 is 19.5 Å². The molecule has 8 heteroatoms. The van der Waals surface area contributed by atoms with E-state index >= 15 is 0 Å². The number of hydrogen-bond acceptors (Lipinski definition) is 3. The van der Waals surface area contributed by atoms with Crippen molar-refractivity contribution in [2.24, 2.45) is 0 Å². The summed E-state index contributed by atoms with van der Waals surface area (Å²) in [7, 11) is 0. The van der Waals surface area contributed by atoms with Gasteiger partial charge in [-0.1, -0.05) is 59.6 Å². The van der Waals surface area contributed by atoms with Crippen LogP contribution >= 0.6 is 23.2 Å². The number of amides is 3. The zero-order chi connectivity index (χ0) is 22.5. The summed E-state index contributed by atoms with van der Waals surface area (Å²) >= 11 is 12.4. The third-order valence-corrected chi connectivity index (χ3v) is 5.87. The first kappa shape index (κ1) is 22.2. The number of hydrogen-bond donors (Lipinski definition) is 1. The average molecular weight is 472 g/mol. The summed E-state index contributed by atoms with van der Waals surface area (Å²) in [6.07, 6.45) is 3.29. The summed E-state index contributed by atoms with van der Waals surface area (Å²) in [5.74, 6) is 0.511. The monoisotopic (exact) mass is 471 g/mol. The van der Waals surface area contributed by atoms with Crippen molar-refractivity contribution in [1.29, 1.82) is 0 Å². The predicted octanol–water partition coefficient (Wildman–Crippen LogP) is 5.81. The normalized spacial score (nSPS) is 12.9. The summed E-state index contributed by atoms with van der Waals surface area (Å²) in [6, 6.07) is 18.0. The zero-order valence-electron chi connectivity index (χ0n) is 17.3. The van der Waals surface area contributed by atoms with Crippen molar-refractivity contribution in [3.05, 3.63) is 88.3 Å². The van der Waals surface area contributed by atoms with Crippen LogP contribution in [0, 0.1) is 0 Å². The SMILES string of the molecule is O=C(CN(C(=O)Nc1c(Cl)cccc1Cl)C1CC1)N(Cc1ccccc1)Cc1ccco1. The molecule has 3 amide bonds. The van der Waals surface area contributed by atoms with E-state index in [-0.39, 0.29) is 18.5 Å². The van der Waals surface area contributed by atoms with E-state index in [9.17, 15) is 9.59 Å². The molecule has 166 valence electrons. The Labute approximate surface area is 196 Å². The van der Waals surface area contributed by atoms with Gasteiger partial charge in [0, 0.05) is 12.6 Å². The minimum atomic E-state index is -0.395. The highest BCUT2D eigenvalue weighted by Crippen LogP contribution is 2.32. The smallest absolute Gasteiger partial charge is 0.322 e. The number of rotatable bonds is 8. The van der Waals surface area contributed by atoms with Crippen LogP contribution in [0.15, 0.2) is 71.3 Å². The van der Waals surface area contributed by atoms with Crippen LogP contribution in [0.5, 0.6) is 0 Å². The summed E-state index contributed by atoms with van der Waals surface area (Å²) in [5.41, 5.74) is 1.34. The third kappa shape index (κ3) is 5.64. The molecule has 1 saturated carbocycles. The molecule has 0 radical (unpaired) electrons. The van der Waals surface area contributed by atoms with Gasteiger partial charge in [0.15, 0.2) is 0 Å². The Bertz CT molecular complexity index is 1050. The van der Waals surface area contributed by atoms with E-state index < -0.39 is 6.03 Å². The van der Waals surface area contributed by atoms with Crippen LogP contribution in [0.1, 0.15) is 24.2 Å². The van der Waals surface area contributed by atoms with E-state index in [4.69, 9.17) is 27.6 Å². The van der Waals surface area contributed by atoms with Crippen LogP contribution in [0.4, 0.5) is 10.5 Å². The molecule has 0 saturated heterocycles. The Balaban J connectivity index is 1.49. The van der Waals surface area contributed by atoms with Gasteiger partial charge in [0.2, 0.25) is 5.91 Å². The highest BCUT2D eigenvalue weighted by atomic mass is 35.5. The summed E-state index contributed by atoms with van der Waals surface area (Å²) in [4.78, 5) is 29.6. The van der Waals surface area contributed by atoms with Crippen molar-refractivity contribution in [3.63, 3.8) is 0 Å². The van der Waals surface area contributed by atoms with Crippen LogP contribution in [-0.2, 0) is 17.9 Å². The summed E-state index contributed by atoms with van der Waals surface area (Å²) < 4.78 is 5.45. The molecule has 0 aliphatic heterocycles. The van der Waals surface area contributed by atoms with Gasteiger partial charge >= 0.3 is 6.03 Å². The van der Waals surface area contributed by atoms with Crippen molar-refractivity contribution in [2.45, 2.75) is 32.0 Å². The van der Waals surface area contributed by atoms with Crippen molar-refractivity contribution in [2.75, 3.05) is 11.9 Å². The highest BCUT2D eigenvalue weighted by Gasteiger charge is 2.35. The van der Waals surface area contributed by atoms with E-state index in [2.05, 4.69) is 5.32 Å². The van der Waals surface area contributed by atoms with Gasteiger partial charge in [-0.2, -0.15) is 0 Å². The second kappa shape index (κ2) is 10.1. The molecule has 1 heterocycles. The Kier molecular flexibility index (Phi) is 7.02. The maximum absolute atomic E-state index is 13.3. The van der Waals surface area contributed by atoms with Gasteiger partial charge in [-0.15, -0.1) is 0 Å². The first-order chi connectivity index (χ1) is 15.5. The van der Waals surface area contributed by atoms with E-state index in [1.165, 1.54) is 0 Å². The van der Waals surface area contributed by atoms with E-state index in [1.807, 2.05) is 36.4 Å². The molecule has 4 rings (SSSR count). The number of nitrogens with one attached hydrogen (secondary N) is 1. The molecule has 0 unspecified atom stereocenters. The minimum Gasteiger partial charge on any atom is -0.467 e. The Morgan fingerprint density at radius 3 is 2.28 bits per heavy atom. The van der Waals surface area contributed by atoms with Crippen LogP contribution < -0.4 is 5.32 Å². The molecule has 3 aromatic rings. The second-order valence-electron chi connectivity index (χ2n) is 7.70. The molecule has 0 atom stereocenters. The fourth-order valence-corrected chi connectivity index (χ4v) is 3.91. The predicted molar refractivity (Wildman–Crippen MR) is 125 cm³/mol. The topological polar surface area (TPSA) is 65.8 Å². The molecular formula is C24H23Cl2N3O3. The largest absolute Gasteiger partial charge is 0.467 e. The lowest BCUT2D eigenvalue weighted by molar-refractivity contribution is -0.133. The van der Waals surface area contributed by atoms with Gasteiger partial charge in [-0.05, 0) is 42.7 Å². The second-order valence-corrected chi connectivity index (χ2v) is 8.52. The number of benzene rings is 2. The summed E-state index contributed by atoms with van der Waals surface area (Å²) in [5, 5.41) is 3.46. The van der Waals surface area contributed by atoms with E-state index in [1.54, 1.807) is 40.3 Å². The number of halogens is 2. The van der Waals surface area contributed by atoms with E-state index in [0.717, 1.165) is 18.4 Å². The molecule has 32 heavy (non-hydrogen) atoms. The molecule has 1 aliphatic rings. The van der Waals surface area contributed by atoms with Crippen LogP contribution in [-0.4, -0.2) is 34.3 Å². The number of furan rings is 1. The highest BCUT2D eigenvalue weighted by molar-refractivity contribution is 6.39. The molecule has 1 N–H and O–H groups in total. The lowest BCUT2D eigenvalue weighted by Gasteiger charge is -2.28.